The first-order chi connectivity index (χ1) is 8.22. The van der Waals surface area contributed by atoms with Crippen LogP contribution in [0.1, 0.15) is 6.42 Å². The number of nitrogens with zero attached hydrogens (tertiary/aromatic N) is 2. The fourth-order valence-electron chi connectivity index (χ4n) is 1.98. The Bertz CT molecular complexity index is 185. The van der Waals surface area contributed by atoms with E-state index >= 15 is 0 Å². The molecule has 0 amide bonds. The minimum absolute atomic E-state index is 0.386. The summed E-state index contributed by atoms with van der Waals surface area (Å²) >= 11 is 0. The van der Waals surface area contributed by atoms with E-state index in [9.17, 15) is 5.11 Å². The molecule has 2 N–H and O–H groups in total. The van der Waals surface area contributed by atoms with Crippen LogP contribution in [0.15, 0.2) is 0 Å². The van der Waals surface area contributed by atoms with Crippen molar-refractivity contribution in [3.63, 3.8) is 0 Å². The van der Waals surface area contributed by atoms with Crippen LogP contribution in [0, 0.1) is 0 Å². The second-order valence-corrected chi connectivity index (χ2v) is 4.78. The summed E-state index contributed by atoms with van der Waals surface area (Å²) < 4.78 is 5.43. The van der Waals surface area contributed by atoms with Crippen molar-refractivity contribution in [2.45, 2.75) is 12.5 Å². The van der Waals surface area contributed by atoms with E-state index in [0.29, 0.717) is 13.2 Å². The quantitative estimate of drug-likeness (QED) is 0.550. The molecule has 5 nitrogen and oxygen atoms in total. The van der Waals surface area contributed by atoms with Gasteiger partial charge in [-0.25, -0.2) is 0 Å². The summed E-state index contributed by atoms with van der Waals surface area (Å²) in [5.74, 6) is 0. The molecule has 1 unspecified atom stereocenters. The van der Waals surface area contributed by atoms with Gasteiger partial charge in [-0.3, -0.25) is 0 Å². The van der Waals surface area contributed by atoms with Gasteiger partial charge in [0.15, 0.2) is 0 Å². The number of aliphatic hydroxyl groups excluding tert-OH is 1. The first-order valence-electron chi connectivity index (χ1n) is 6.53. The summed E-state index contributed by atoms with van der Waals surface area (Å²) in [5, 5.41) is 12.3. The molecule has 0 spiro atoms. The lowest BCUT2D eigenvalue weighted by molar-refractivity contribution is 0.0325. The van der Waals surface area contributed by atoms with Crippen molar-refractivity contribution < 1.29 is 9.84 Å². The Morgan fingerprint density at radius 3 is 2.65 bits per heavy atom. The molecule has 5 heteroatoms. The van der Waals surface area contributed by atoms with Crippen molar-refractivity contribution in [2.24, 2.45) is 0 Å². The number of aliphatic hydroxyl groups is 1. The molecule has 0 aromatic heterocycles. The smallest absolute Gasteiger partial charge is 0.0897 e. The van der Waals surface area contributed by atoms with E-state index in [1.165, 1.54) is 26.2 Å². The van der Waals surface area contributed by atoms with Gasteiger partial charge in [-0.2, -0.15) is 0 Å². The summed E-state index contributed by atoms with van der Waals surface area (Å²) in [6.07, 6.45) is 0.666. The zero-order valence-corrected chi connectivity index (χ0v) is 11.2. The van der Waals surface area contributed by atoms with E-state index in [0.717, 1.165) is 19.6 Å². The maximum atomic E-state index is 9.42. The Morgan fingerprint density at radius 1 is 1.29 bits per heavy atom. The van der Waals surface area contributed by atoms with Gasteiger partial charge in [0.2, 0.25) is 0 Å². The number of piperazine rings is 1. The normalized spacial score (nSPS) is 20.6. The SMILES string of the molecule is CNCC(O)COCCCN1CCN(C)CC1. The minimum atomic E-state index is -0.386. The number of hydrogen-bond acceptors (Lipinski definition) is 5. The fourth-order valence-corrected chi connectivity index (χ4v) is 1.98. The standard InChI is InChI=1S/C12H27N3O2/c1-13-10-12(16)11-17-9-3-4-15-7-5-14(2)6-8-15/h12-13,16H,3-11H2,1-2H3. The molecular weight excluding hydrogens is 218 g/mol. The monoisotopic (exact) mass is 245 g/mol. The Hall–Kier alpha value is -0.200. The summed E-state index contributed by atoms with van der Waals surface area (Å²) in [6, 6.07) is 0. The molecule has 1 aliphatic heterocycles. The summed E-state index contributed by atoms with van der Waals surface area (Å²) in [4.78, 5) is 4.84. The van der Waals surface area contributed by atoms with Gasteiger partial charge in [-0.05, 0) is 20.5 Å². The molecule has 1 rings (SSSR count). The Balaban J connectivity index is 1.90. The molecule has 1 atom stereocenters. The molecule has 0 aliphatic carbocycles. The van der Waals surface area contributed by atoms with E-state index in [1.807, 2.05) is 7.05 Å². The van der Waals surface area contributed by atoms with Crippen LogP contribution in [0.25, 0.3) is 0 Å². The highest BCUT2D eigenvalue weighted by Crippen LogP contribution is 2.00. The molecule has 0 aromatic rings. The second-order valence-electron chi connectivity index (χ2n) is 4.78. The van der Waals surface area contributed by atoms with Crippen LogP contribution in [0.3, 0.4) is 0 Å². The molecule has 0 radical (unpaired) electrons. The zero-order chi connectivity index (χ0) is 12.5. The third-order valence-electron chi connectivity index (χ3n) is 3.11. The van der Waals surface area contributed by atoms with Gasteiger partial charge in [0.05, 0.1) is 12.7 Å². The van der Waals surface area contributed by atoms with Crippen molar-refractivity contribution in [1.29, 1.82) is 0 Å². The van der Waals surface area contributed by atoms with E-state index in [-0.39, 0.29) is 6.10 Å². The molecule has 1 heterocycles. The predicted octanol–water partition coefficient (Wildman–Crippen LogP) is -0.779. The largest absolute Gasteiger partial charge is 0.389 e. The van der Waals surface area contributed by atoms with E-state index in [1.54, 1.807) is 0 Å². The van der Waals surface area contributed by atoms with Gasteiger partial charge in [-0.15, -0.1) is 0 Å². The van der Waals surface area contributed by atoms with Crippen LogP contribution in [-0.4, -0.2) is 87.6 Å². The topological polar surface area (TPSA) is 48.0 Å². The Morgan fingerprint density at radius 2 is 2.00 bits per heavy atom. The van der Waals surface area contributed by atoms with E-state index < -0.39 is 0 Å². The van der Waals surface area contributed by atoms with Gasteiger partial charge in [0, 0.05) is 45.9 Å². The lowest BCUT2D eigenvalue weighted by Crippen LogP contribution is -2.44. The van der Waals surface area contributed by atoms with Crippen LogP contribution in [0.5, 0.6) is 0 Å². The summed E-state index contributed by atoms with van der Waals surface area (Å²) in [7, 11) is 4.00. The van der Waals surface area contributed by atoms with Crippen LogP contribution >= 0.6 is 0 Å². The number of rotatable bonds is 8. The molecule has 0 aromatic carbocycles. The highest BCUT2D eigenvalue weighted by Gasteiger charge is 2.12. The third-order valence-corrected chi connectivity index (χ3v) is 3.11. The van der Waals surface area contributed by atoms with Crippen LogP contribution in [0.2, 0.25) is 0 Å². The molecule has 0 bridgehead atoms. The van der Waals surface area contributed by atoms with Crippen molar-refractivity contribution >= 4 is 0 Å². The molecule has 1 fully saturated rings. The molecule has 102 valence electrons. The molecule has 1 aliphatic rings. The maximum absolute atomic E-state index is 9.42. The van der Waals surface area contributed by atoms with Gasteiger partial charge in [0.1, 0.15) is 0 Å². The van der Waals surface area contributed by atoms with Crippen molar-refractivity contribution in [1.82, 2.24) is 15.1 Å². The third kappa shape index (κ3) is 6.95. The van der Waals surface area contributed by atoms with E-state index in [2.05, 4.69) is 22.2 Å². The highest BCUT2D eigenvalue weighted by molar-refractivity contribution is 4.68. The predicted molar refractivity (Wildman–Crippen MR) is 69.3 cm³/mol. The Labute approximate surface area is 105 Å². The number of ether oxygens (including phenoxy) is 1. The van der Waals surface area contributed by atoms with Gasteiger partial charge < -0.3 is 25.0 Å². The van der Waals surface area contributed by atoms with Gasteiger partial charge in [-0.1, -0.05) is 0 Å². The average molecular weight is 245 g/mol. The number of likely N-dealkylation sites (N-methyl/N-ethyl adjacent to an activating group) is 2. The minimum Gasteiger partial charge on any atom is -0.389 e. The van der Waals surface area contributed by atoms with Crippen LogP contribution in [0.4, 0.5) is 0 Å². The van der Waals surface area contributed by atoms with Gasteiger partial charge >= 0.3 is 0 Å². The van der Waals surface area contributed by atoms with Crippen molar-refractivity contribution in [3.05, 3.63) is 0 Å². The molecule has 17 heavy (non-hydrogen) atoms. The maximum Gasteiger partial charge on any atom is 0.0897 e. The first kappa shape index (κ1) is 14.9. The van der Waals surface area contributed by atoms with Crippen molar-refractivity contribution in [2.75, 3.05) is 66.6 Å². The lowest BCUT2D eigenvalue weighted by Gasteiger charge is -2.32. The number of nitrogens with one attached hydrogen (secondary N) is 1. The van der Waals surface area contributed by atoms with Crippen LogP contribution < -0.4 is 5.32 Å². The first-order valence-corrected chi connectivity index (χ1v) is 6.53. The number of hydrogen-bond donors (Lipinski definition) is 2. The van der Waals surface area contributed by atoms with Crippen LogP contribution in [-0.2, 0) is 4.74 Å². The van der Waals surface area contributed by atoms with E-state index in [4.69, 9.17) is 4.74 Å². The lowest BCUT2D eigenvalue weighted by atomic mass is 10.3. The summed E-state index contributed by atoms with van der Waals surface area (Å²) in [6.45, 7) is 7.55. The Kier molecular flexibility index (Phi) is 7.72. The summed E-state index contributed by atoms with van der Waals surface area (Å²) in [5.41, 5.74) is 0. The zero-order valence-electron chi connectivity index (χ0n) is 11.2. The second kappa shape index (κ2) is 8.83. The fraction of sp³-hybridized carbons (Fsp3) is 1.00. The highest BCUT2D eigenvalue weighted by atomic mass is 16.5. The molecule has 0 saturated carbocycles. The average Bonchev–Trinajstić information content (AvgIpc) is 2.31. The van der Waals surface area contributed by atoms with Crippen molar-refractivity contribution in [3.8, 4) is 0 Å². The molecular formula is C12H27N3O2. The molecule has 1 saturated heterocycles. The van der Waals surface area contributed by atoms with Gasteiger partial charge in [0.25, 0.3) is 0 Å².